The fourth-order valence-electron chi connectivity index (χ4n) is 4.17. The van der Waals surface area contributed by atoms with Crippen LogP contribution in [-0.4, -0.2) is 39.9 Å². The topological polar surface area (TPSA) is 96.6 Å². The van der Waals surface area contributed by atoms with Crippen LogP contribution >= 0.6 is 12.4 Å². The molecule has 1 fully saturated rings. The van der Waals surface area contributed by atoms with Gasteiger partial charge >= 0.3 is 0 Å². The predicted octanol–water partition coefficient (Wildman–Crippen LogP) is 4.23. The Hall–Kier alpha value is -3.42. The van der Waals surface area contributed by atoms with E-state index >= 15 is 0 Å². The fourth-order valence-corrected chi connectivity index (χ4v) is 4.17. The van der Waals surface area contributed by atoms with E-state index in [4.69, 9.17) is 0 Å². The van der Waals surface area contributed by atoms with Crippen LogP contribution in [0.3, 0.4) is 0 Å². The van der Waals surface area contributed by atoms with Gasteiger partial charge in [0.25, 0.3) is 0 Å². The van der Waals surface area contributed by atoms with Crippen molar-refractivity contribution >= 4 is 47.2 Å². The maximum Gasteiger partial charge on any atom is 0.237 e. The maximum atomic E-state index is 11.7. The Balaban J connectivity index is 0.00000144. The molecule has 7 nitrogen and oxygen atoms in total. The third-order valence-corrected chi connectivity index (χ3v) is 5.79. The highest BCUT2D eigenvalue weighted by Crippen LogP contribution is 2.32. The van der Waals surface area contributed by atoms with Crippen molar-refractivity contribution in [3.63, 3.8) is 0 Å². The highest BCUT2D eigenvalue weighted by atomic mass is 35.5. The first-order chi connectivity index (χ1) is 14.8. The number of carbonyl (C=O) groups excluding carboxylic acids is 1. The Bertz CT molecular complexity index is 1150. The summed E-state index contributed by atoms with van der Waals surface area (Å²) >= 11 is 0. The largest absolute Gasteiger partial charge is 0.412 e. The molecule has 2 aromatic heterocycles. The number of anilines is 3. The summed E-state index contributed by atoms with van der Waals surface area (Å²) in [5.74, 6) is 0.854. The van der Waals surface area contributed by atoms with Crippen LogP contribution in [0, 0.1) is 0 Å². The summed E-state index contributed by atoms with van der Waals surface area (Å²) in [4.78, 5) is 28.1. The molecule has 0 spiro atoms. The second-order valence-electron chi connectivity index (χ2n) is 7.60. The standard InChI is InChI=1S/C24H23N5O.ClH.H2O/c30-17-29(20-9-5-2-6-10-20)24-25-16-23-22(27-24)15-21(26-23)18-11-13-28(14-12-18)19-7-3-1-4-8-19;;/h1-10,15-18,26H,11-14H2;1H;1H2. The van der Waals surface area contributed by atoms with E-state index in [0.717, 1.165) is 49.1 Å². The second kappa shape index (κ2) is 10.3. The molecule has 8 heteroatoms. The van der Waals surface area contributed by atoms with Crippen molar-refractivity contribution in [2.75, 3.05) is 22.9 Å². The highest BCUT2D eigenvalue weighted by molar-refractivity contribution is 5.86. The van der Waals surface area contributed by atoms with Crippen LogP contribution in [0.25, 0.3) is 11.0 Å². The molecule has 0 unspecified atom stereocenters. The smallest absolute Gasteiger partial charge is 0.237 e. The summed E-state index contributed by atoms with van der Waals surface area (Å²) in [6, 6.07) is 22.1. The number of amides is 1. The van der Waals surface area contributed by atoms with E-state index in [0.29, 0.717) is 11.9 Å². The van der Waals surface area contributed by atoms with Crippen molar-refractivity contribution in [3.8, 4) is 0 Å². The number of hydrogen-bond acceptors (Lipinski definition) is 4. The van der Waals surface area contributed by atoms with Crippen LogP contribution in [0.1, 0.15) is 24.5 Å². The van der Waals surface area contributed by atoms with Crippen LogP contribution < -0.4 is 9.80 Å². The van der Waals surface area contributed by atoms with Gasteiger partial charge in [-0.1, -0.05) is 36.4 Å². The third-order valence-electron chi connectivity index (χ3n) is 5.79. The van der Waals surface area contributed by atoms with Crippen LogP contribution in [0.5, 0.6) is 0 Å². The summed E-state index contributed by atoms with van der Waals surface area (Å²) < 4.78 is 0. The first kappa shape index (κ1) is 23.2. The summed E-state index contributed by atoms with van der Waals surface area (Å²) in [7, 11) is 0. The average Bonchev–Trinajstić information content (AvgIpc) is 3.25. The van der Waals surface area contributed by atoms with Crippen LogP contribution in [-0.2, 0) is 4.79 Å². The molecule has 1 amide bonds. The number of nitrogens with zero attached hydrogens (tertiary/aromatic N) is 4. The van der Waals surface area contributed by atoms with Crippen molar-refractivity contribution in [2.45, 2.75) is 18.8 Å². The molecule has 3 N–H and O–H groups in total. The zero-order valence-electron chi connectivity index (χ0n) is 17.5. The molecule has 166 valence electrons. The van der Waals surface area contributed by atoms with E-state index in [2.05, 4.69) is 56.3 Å². The van der Waals surface area contributed by atoms with Gasteiger partial charge in [0.15, 0.2) is 0 Å². The van der Waals surface area contributed by atoms with Crippen molar-refractivity contribution in [1.82, 2.24) is 15.0 Å². The molecule has 1 aliphatic rings. The Morgan fingerprint density at radius 2 is 1.66 bits per heavy atom. The Morgan fingerprint density at radius 1 is 1.00 bits per heavy atom. The maximum absolute atomic E-state index is 11.7. The number of nitrogens with one attached hydrogen (secondary N) is 1. The number of fused-ring (bicyclic) bond motifs is 1. The lowest BCUT2D eigenvalue weighted by molar-refractivity contribution is -0.106. The van der Waals surface area contributed by atoms with Gasteiger partial charge in [0.2, 0.25) is 12.4 Å². The number of hydrogen-bond donors (Lipinski definition) is 1. The minimum atomic E-state index is 0. The Morgan fingerprint density at radius 3 is 2.31 bits per heavy atom. The first-order valence-corrected chi connectivity index (χ1v) is 10.3. The number of H-pyrrole nitrogens is 1. The molecule has 2 aromatic carbocycles. The predicted molar refractivity (Wildman–Crippen MR) is 130 cm³/mol. The van der Waals surface area contributed by atoms with Crippen LogP contribution in [0.15, 0.2) is 72.9 Å². The zero-order chi connectivity index (χ0) is 20.3. The number of halogens is 1. The van der Waals surface area contributed by atoms with Gasteiger partial charge in [-0.3, -0.25) is 9.69 Å². The lowest BCUT2D eigenvalue weighted by atomic mass is 9.93. The molecule has 1 saturated heterocycles. The van der Waals surface area contributed by atoms with Gasteiger partial charge in [0.1, 0.15) is 0 Å². The van der Waals surface area contributed by atoms with Crippen LogP contribution in [0.2, 0.25) is 0 Å². The average molecular weight is 452 g/mol. The molecule has 0 radical (unpaired) electrons. The number of carbonyl (C=O) groups is 1. The molecular formula is C24H26ClN5O2. The summed E-state index contributed by atoms with van der Waals surface area (Å²) in [5, 5.41) is 0. The molecule has 0 aliphatic carbocycles. The fraction of sp³-hybridized carbons (Fsp3) is 0.208. The third kappa shape index (κ3) is 4.59. The summed E-state index contributed by atoms with van der Waals surface area (Å²) in [6.45, 7) is 2.07. The van der Waals surface area contributed by atoms with Gasteiger partial charge in [-0.05, 0) is 43.2 Å². The monoisotopic (exact) mass is 451 g/mol. The zero-order valence-corrected chi connectivity index (χ0v) is 18.3. The van der Waals surface area contributed by atoms with Gasteiger partial charge in [-0.15, -0.1) is 12.4 Å². The molecule has 3 heterocycles. The van der Waals surface area contributed by atoms with E-state index in [1.165, 1.54) is 16.3 Å². The molecule has 0 bridgehead atoms. The molecule has 4 aromatic rings. The number of rotatable bonds is 5. The molecular weight excluding hydrogens is 426 g/mol. The highest BCUT2D eigenvalue weighted by Gasteiger charge is 2.23. The van der Waals surface area contributed by atoms with Gasteiger partial charge in [0.05, 0.1) is 22.9 Å². The molecule has 5 rings (SSSR count). The minimum absolute atomic E-state index is 0. The van der Waals surface area contributed by atoms with Gasteiger partial charge in [0, 0.05) is 30.4 Å². The normalized spacial score (nSPS) is 13.8. The number of piperidine rings is 1. The lowest BCUT2D eigenvalue weighted by Gasteiger charge is -2.33. The van der Waals surface area contributed by atoms with E-state index in [1.54, 1.807) is 6.20 Å². The quantitative estimate of drug-likeness (QED) is 0.459. The minimum Gasteiger partial charge on any atom is -0.412 e. The van der Waals surface area contributed by atoms with Crippen molar-refractivity contribution in [2.24, 2.45) is 0 Å². The number of aromatic nitrogens is 3. The number of para-hydroxylation sites is 2. The molecule has 1 aliphatic heterocycles. The molecule has 0 saturated carbocycles. The Kier molecular flexibility index (Phi) is 7.45. The number of benzene rings is 2. The van der Waals surface area contributed by atoms with Gasteiger partial charge < -0.3 is 15.4 Å². The van der Waals surface area contributed by atoms with E-state index < -0.39 is 0 Å². The lowest BCUT2D eigenvalue weighted by Crippen LogP contribution is -2.32. The van der Waals surface area contributed by atoms with Gasteiger partial charge in [-0.25, -0.2) is 9.97 Å². The Labute approximate surface area is 192 Å². The van der Waals surface area contributed by atoms with Crippen molar-refractivity contribution in [1.29, 1.82) is 0 Å². The van der Waals surface area contributed by atoms with E-state index in [9.17, 15) is 4.79 Å². The van der Waals surface area contributed by atoms with Gasteiger partial charge in [-0.2, -0.15) is 0 Å². The second-order valence-corrected chi connectivity index (χ2v) is 7.60. The summed E-state index contributed by atoms with van der Waals surface area (Å²) in [5.41, 5.74) is 4.97. The van der Waals surface area contributed by atoms with Crippen molar-refractivity contribution < 1.29 is 10.3 Å². The van der Waals surface area contributed by atoms with E-state index in [-0.39, 0.29) is 17.9 Å². The van der Waals surface area contributed by atoms with Crippen molar-refractivity contribution in [3.05, 3.63) is 78.6 Å². The molecule has 0 atom stereocenters. The summed E-state index contributed by atoms with van der Waals surface area (Å²) in [6.07, 6.45) is 4.70. The SMILES string of the molecule is Cl.O.O=CN(c1ccccc1)c1ncc2[nH]c(C3CCN(c4ccccc4)CC3)cc2n1. The molecule has 32 heavy (non-hydrogen) atoms. The first-order valence-electron chi connectivity index (χ1n) is 10.3. The number of aromatic amines is 1. The van der Waals surface area contributed by atoms with Crippen LogP contribution in [0.4, 0.5) is 17.3 Å². The van der Waals surface area contributed by atoms with E-state index in [1.807, 2.05) is 30.3 Å².